The summed E-state index contributed by atoms with van der Waals surface area (Å²) in [6.07, 6.45) is 3.91. The van der Waals surface area contributed by atoms with Crippen LogP contribution in [0, 0.1) is 11.3 Å². The molecule has 0 radical (unpaired) electrons. The van der Waals surface area contributed by atoms with E-state index in [0.717, 1.165) is 0 Å². The zero-order chi connectivity index (χ0) is 16.5. The van der Waals surface area contributed by atoms with Crippen LogP contribution in [-0.4, -0.2) is 67.5 Å². The first-order valence-electron chi connectivity index (χ1n) is 7.73. The second kappa shape index (κ2) is 6.21. The second-order valence-corrected chi connectivity index (χ2v) is 8.22. The molecule has 8 nitrogen and oxygen atoms in total. The summed E-state index contributed by atoms with van der Waals surface area (Å²) < 4.78 is 33.8. The summed E-state index contributed by atoms with van der Waals surface area (Å²) in [6.45, 7) is 1.81. The molecule has 0 unspecified atom stereocenters. The summed E-state index contributed by atoms with van der Waals surface area (Å²) in [5.41, 5.74) is -0.661. The van der Waals surface area contributed by atoms with E-state index < -0.39 is 15.4 Å². The molecule has 1 aromatic heterocycles. The van der Waals surface area contributed by atoms with E-state index in [1.54, 1.807) is 30.2 Å². The second-order valence-electron chi connectivity index (χ2n) is 6.13. The van der Waals surface area contributed by atoms with Gasteiger partial charge in [-0.2, -0.15) is 5.10 Å². The highest BCUT2D eigenvalue weighted by Gasteiger charge is 2.55. The van der Waals surface area contributed by atoms with Crippen molar-refractivity contribution in [2.45, 2.75) is 13.0 Å². The normalized spacial score (nSPS) is 28.5. The van der Waals surface area contributed by atoms with Crippen LogP contribution in [0.15, 0.2) is 18.5 Å². The van der Waals surface area contributed by atoms with E-state index >= 15 is 0 Å². The van der Waals surface area contributed by atoms with E-state index in [1.807, 2.05) is 0 Å². The van der Waals surface area contributed by atoms with Crippen LogP contribution in [0.1, 0.15) is 6.42 Å². The zero-order valence-electron chi connectivity index (χ0n) is 13.1. The summed E-state index contributed by atoms with van der Waals surface area (Å²) in [5.74, 6) is -0.197. The molecule has 1 N–H and O–H groups in total. The number of fused-ring (bicyclic) bond motifs is 1. The molecule has 2 atom stereocenters. The number of carbonyl (C=O) groups excluding carboxylic acids is 1. The van der Waals surface area contributed by atoms with Crippen molar-refractivity contribution in [3.05, 3.63) is 18.5 Å². The number of hydrogen-bond donors (Lipinski definition) is 1. The van der Waals surface area contributed by atoms with Crippen molar-refractivity contribution in [3.8, 4) is 0 Å². The first-order chi connectivity index (χ1) is 11.0. The molecule has 128 valence electrons. The highest BCUT2D eigenvalue weighted by molar-refractivity contribution is 7.89. The molecule has 0 spiro atoms. The molecule has 2 aliphatic heterocycles. The largest absolute Gasteiger partial charge is 0.381 e. The predicted molar refractivity (Wildman–Crippen MR) is 83.0 cm³/mol. The fourth-order valence-electron chi connectivity index (χ4n) is 3.51. The van der Waals surface area contributed by atoms with Gasteiger partial charge in [-0.3, -0.25) is 9.48 Å². The number of carbonyl (C=O) groups is 1. The van der Waals surface area contributed by atoms with Gasteiger partial charge in [0.2, 0.25) is 15.9 Å². The van der Waals surface area contributed by atoms with E-state index in [9.17, 15) is 13.2 Å². The zero-order valence-corrected chi connectivity index (χ0v) is 14.0. The molecule has 23 heavy (non-hydrogen) atoms. The number of sulfonamides is 1. The van der Waals surface area contributed by atoms with Crippen LogP contribution in [-0.2, 0) is 26.1 Å². The van der Waals surface area contributed by atoms with Gasteiger partial charge in [0.1, 0.15) is 0 Å². The Morgan fingerprint density at radius 2 is 2.35 bits per heavy atom. The van der Waals surface area contributed by atoms with Crippen molar-refractivity contribution in [2.75, 3.05) is 39.1 Å². The molecule has 0 aliphatic carbocycles. The summed E-state index contributed by atoms with van der Waals surface area (Å²) >= 11 is 0. The quantitative estimate of drug-likeness (QED) is 0.763. The summed E-state index contributed by atoms with van der Waals surface area (Å²) in [4.78, 5) is 12.4. The van der Waals surface area contributed by atoms with Gasteiger partial charge in [0.15, 0.2) is 0 Å². The highest BCUT2D eigenvalue weighted by Crippen LogP contribution is 2.43. The molecule has 9 heteroatoms. The standard InChI is InChI=1S/C14H22N4O4S/c1-15-13(19)14-3-7-22-10-12(14)9-18(11-14)23(20,21)8-6-17-5-2-4-16-17/h2,4-5,12H,3,6-11H2,1H3,(H,15,19)/t12-,14+/m1/s1. The molecule has 0 bridgehead atoms. The summed E-state index contributed by atoms with van der Waals surface area (Å²) in [5, 5.41) is 6.72. The molecule has 1 amide bonds. The molecule has 3 heterocycles. The fraction of sp³-hybridized carbons (Fsp3) is 0.714. The average molecular weight is 342 g/mol. The van der Waals surface area contributed by atoms with Gasteiger partial charge < -0.3 is 10.1 Å². The van der Waals surface area contributed by atoms with Gasteiger partial charge in [0.05, 0.1) is 24.3 Å². The third kappa shape index (κ3) is 3.00. The van der Waals surface area contributed by atoms with Crippen LogP contribution in [0.5, 0.6) is 0 Å². The van der Waals surface area contributed by atoms with Crippen molar-refractivity contribution in [1.82, 2.24) is 19.4 Å². The van der Waals surface area contributed by atoms with Crippen LogP contribution >= 0.6 is 0 Å². The monoisotopic (exact) mass is 342 g/mol. The van der Waals surface area contributed by atoms with E-state index in [-0.39, 0.29) is 24.1 Å². The summed E-state index contributed by atoms with van der Waals surface area (Å²) in [7, 11) is -1.84. The molecule has 0 aromatic carbocycles. The van der Waals surface area contributed by atoms with Crippen molar-refractivity contribution in [3.63, 3.8) is 0 Å². The van der Waals surface area contributed by atoms with Crippen LogP contribution < -0.4 is 5.32 Å². The van der Waals surface area contributed by atoms with E-state index in [4.69, 9.17) is 4.74 Å². The number of aromatic nitrogens is 2. The lowest BCUT2D eigenvalue weighted by molar-refractivity contribution is -0.138. The minimum atomic E-state index is -3.44. The van der Waals surface area contributed by atoms with Gasteiger partial charge >= 0.3 is 0 Å². The summed E-state index contributed by atoms with van der Waals surface area (Å²) in [6, 6.07) is 1.76. The van der Waals surface area contributed by atoms with Gasteiger partial charge in [0, 0.05) is 45.1 Å². The third-order valence-electron chi connectivity index (χ3n) is 4.89. The maximum absolute atomic E-state index is 12.6. The number of amides is 1. The lowest BCUT2D eigenvalue weighted by atomic mass is 9.73. The molecular formula is C14H22N4O4S. The number of ether oxygens (including phenoxy) is 1. The van der Waals surface area contributed by atoms with Crippen molar-refractivity contribution >= 4 is 15.9 Å². The average Bonchev–Trinajstić information content (AvgIpc) is 3.20. The molecule has 2 saturated heterocycles. The Morgan fingerprint density at radius 1 is 1.52 bits per heavy atom. The number of aryl methyl sites for hydroxylation is 1. The Bertz CT molecular complexity index is 660. The minimum Gasteiger partial charge on any atom is -0.381 e. The van der Waals surface area contributed by atoms with Crippen molar-refractivity contribution in [2.24, 2.45) is 11.3 Å². The van der Waals surface area contributed by atoms with E-state index in [0.29, 0.717) is 32.7 Å². The molecule has 3 rings (SSSR count). The van der Waals surface area contributed by atoms with Crippen LogP contribution in [0.3, 0.4) is 0 Å². The highest BCUT2D eigenvalue weighted by atomic mass is 32.2. The fourth-order valence-corrected chi connectivity index (χ4v) is 5.02. The molecule has 0 saturated carbocycles. The molecular weight excluding hydrogens is 320 g/mol. The van der Waals surface area contributed by atoms with Gasteiger partial charge in [-0.15, -0.1) is 0 Å². The number of hydrogen-bond acceptors (Lipinski definition) is 5. The van der Waals surface area contributed by atoms with Crippen LogP contribution in [0.25, 0.3) is 0 Å². The first kappa shape index (κ1) is 16.4. The number of rotatable bonds is 5. The lowest BCUT2D eigenvalue weighted by Crippen LogP contribution is -2.49. The lowest BCUT2D eigenvalue weighted by Gasteiger charge is -2.36. The molecule has 2 aliphatic rings. The predicted octanol–water partition coefficient (Wildman–Crippen LogP) is -0.703. The van der Waals surface area contributed by atoms with Crippen LogP contribution in [0.2, 0.25) is 0 Å². The maximum atomic E-state index is 12.6. The van der Waals surface area contributed by atoms with Gasteiger partial charge in [-0.05, 0) is 12.5 Å². The topological polar surface area (TPSA) is 93.5 Å². The maximum Gasteiger partial charge on any atom is 0.227 e. The smallest absolute Gasteiger partial charge is 0.227 e. The van der Waals surface area contributed by atoms with Gasteiger partial charge in [-0.25, -0.2) is 12.7 Å². The Balaban J connectivity index is 1.74. The van der Waals surface area contributed by atoms with Crippen molar-refractivity contribution < 1.29 is 17.9 Å². The first-order valence-corrected chi connectivity index (χ1v) is 9.34. The minimum absolute atomic E-state index is 0.0217. The Kier molecular flexibility index (Phi) is 4.43. The Labute approximate surface area is 135 Å². The van der Waals surface area contributed by atoms with Gasteiger partial charge in [0.25, 0.3) is 0 Å². The Hall–Kier alpha value is -1.45. The number of nitrogens with zero attached hydrogens (tertiary/aromatic N) is 3. The van der Waals surface area contributed by atoms with E-state index in [2.05, 4.69) is 10.4 Å². The number of nitrogens with one attached hydrogen (secondary N) is 1. The van der Waals surface area contributed by atoms with Crippen LogP contribution in [0.4, 0.5) is 0 Å². The molecule has 1 aromatic rings. The molecule has 2 fully saturated rings. The van der Waals surface area contributed by atoms with E-state index in [1.165, 1.54) is 4.31 Å². The SMILES string of the molecule is CNC(=O)[C@]12CCOC[C@H]1CN(S(=O)(=O)CCn1cccn1)C2. The van der Waals surface area contributed by atoms with Gasteiger partial charge in [-0.1, -0.05) is 0 Å². The van der Waals surface area contributed by atoms with Crippen molar-refractivity contribution in [1.29, 1.82) is 0 Å². The Morgan fingerprint density at radius 3 is 3.04 bits per heavy atom. The third-order valence-corrected chi connectivity index (χ3v) is 6.65.